The van der Waals surface area contributed by atoms with Crippen LogP contribution in [0, 0.1) is 6.92 Å². The van der Waals surface area contributed by atoms with Gasteiger partial charge in [0.25, 0.3) is 0 Å². The van der Waals surface area contributed by atoms with E-state index < -0.39 is 0 Å². The minimum atomic E-state index is -0.267. The van der Waals surface area contributed by atoms with Gasteiger partial charge in [0.1, 0.15) is 5.82 Å². The molecule has 0 aliphatic carbocycles. The summed E-state index contributed by atoms with van der Waals surface area (Å²) in [7, 11) is 0. The van der Waals surface area contributed by atoms with Crippen LogP contribution in [0.1, 0.15) is 35.1 Å². The van der Waals surface area contributed by atoms with E-state index in [-0.39, 0.29) is 23.6 Å². The van der Waals surface area contributed by atoms with E-state index in [4.69, 9.17) is 16.1 Å². The number of halogens is 1. The Morgan fingerprint density at radius 1 is 1.17 bits per heavy atom. The number of fused-ring (bicyclic) bond motifs is 1. The van der Waals surface area contributed by atoms with Gasteiger partial charge >= 0.3 is 0 Å². The lowest BCUT2D eigenvalue weighted by atomic mass is 10.0. The molecule has 0 radical (unpaired) electrons. The van der Waals surface area contributed by atoms with E-state index >= 15 is 0 Å². The molecule has 2 heterocycles. The largest absolute Gasteiger partial charge is 0.346 e. The van der Waals surface area contributed by atoms with Crippen molar-refractivity contribution in [3.63, 3.8) is 0 Å². The molecular formula is C22H21ClN4O2. The molecule has 2 N–H and O–H groups in total. The predicted molar refractivity (Wildman–Crippen MR) is 112 cm³/mol. The van der Waals surface area contributed by atoms with E-state index in [1.54, 1.807) is 0 Å². The maximum absolute atomic E-state index is 12.7. The molecule has 0 saturated carbocycles. The van der Waals surface area contributed by atoms with Gasteiger partial charge in [0.15, 0.2) is 0 Å². The summed E-state index contributed by atoms with van der Waals surface area (Å²) in [6.07, 6.45) is 1.39. The Balaban J connectivity index is 1.52. The quantitative estimate of drug-likeness (QED) is 0.470. The highest BCUT2D eigenvalue weighted by atomic mass is 35.5. The smallest absolute Gasteiger partial charge is 0.229 e. The summed E-state index contributed by atoms with van der Waals surface area (Å²) < 4.78 is 4.96. The van der Waals surface area contributed by atoms with Gasteiger partial charge in [-0.1, -0.05) is 47.6 Å². The lowest BCUT2D eigenvalue weighted by molar-refractivity contribution is -0.121. The number of nitrogens with one attached hydrogen (secondary N) is 2. The third-order valence-electron chi connectivity index (χ3n) is 4.89. The molecule has 1 amide bonds. The van der Waals surface area contributed by atoms with Crippen LogP contribution in [0.25, 0.3) is 11.0 Å². The topological polar surface area (TPSA) is 83.8 Å². The molecule has 4 rings (SSSR count). The highest BCUT2D eigenvalue weighted by Crippen LogP contribution is 2.22. The predicted octanol–water partition coefficient (Wildman–Crippen LogP) is 4.55. The van der Waals surface area contributed by atoms with Crippen LogP contribution >= 0.6 is 11.6 Å². The van der Waals surface area contributed by atoms with Gasteiger partial charge in [0.2, 0.25) is 11.1 Å². The van der Waals surface area contributed by atoms with Gasteiger partial charge in [0, 0.05) is 12.0 Å². The van der Waals surface area contributed by atoms with Crippen LogP contribution in [0.2, 0.25) is 5.22 Å². The van der Waals surface area contributed by atoms with Crippen LogP contribution in [-0.2, 0) is 17.6 Å². The van der Waals surface area contributed by atoms with Crippen molar-refractivity contribution in [3.05, 3.63) is 82.5 Å². The number of aromatic amines is 1. The number of carbonyl (C=O) groups is 1. The standard InChI is InChI=1S/C22H21ClN4O2/c1-14-16(21(23)29-27-14)11-12-20(28)24-19(13-15-7-3-2-4-8-15)22-25-17-9-5-6-10-18(17)26-22/h2-10,19H,11-13H2,1H3,(H,24,28)(H,25,26)/t19-/m0/s1. The van der Waals surface area contributed by atoms with E-state index in [0.717, 1.165) is 28.0 Å². The number of H-pyrrole nitrogens is 1. The van der Waals surface area contributed by atoms with Gasteiger partial charge in [-0.15, -0.1) is 0 Å². The van der Waals surface area contributed by atoms with Gasteiger partial charge < -0.3 is 14.8 Å². The molecule has 0 aliphatic rings. The third kappa shape index (κ3) is 4.49. The summed E-state index contributed by atoms with van der Waals surface area (Å²) in [5.74, 6) is 0.658. The van der Waals surface area contributed by atoms with Crippen molar-refractivity contribution in [2.45, 2.75) is 32.2 Å². The molecule has 2 aromatic heterocycles. The van der Waals surface area contributed by atoms with Crippen molar-refractivity contribution >= 4 is 28.5 Å². The molecule has 148 valence electrons. The monoisotopic (exact) mass is 408 g/mol. The zero-order valence-corrected chi connectivity index (χ0v) is 16.7. The highest BCUT2D eigenvalue weighted by Gasteiger charge is 2.20. The first-order valence-electron chi connectivity index (χ1n) is 9.48. The maximum atomic E-state index is 12.7. The first-order chi connectivity index (χ1) is 14.1. The summed E-state index contributed by atoms with van der Waals surface area (Å²) >= 11 is 6.01. The molecule has 29 heavy (non-hydrogen) atoms. The molecule has 6 nitrogen and oxygen atoms in total. The number of imidazole rings is 1. The average Bonchev–Trinajstić information content (AvgIpc) is 3.30. The summed E-state index contributed by atoms with van der Waals surface area (Å²) in [5, 5.41) is 7.19. The number of benzene rings is 2. The van der Waals surface area contributed by atoms with Crippen molar-refractivity contribution in [3.8, 4) is 0 Å². The second-order valence-corrected chi connectivity index (χ2v) is 7.31. The minimum absolute atomic E-state index is 0.0805. The summed E-state index contributed by atoms with van der Waals surface area (Å²) in [6, 6.07) is 17.6. The van der Waals surface area contributed by atoms with Gasteiger partial charge in [-0.05, 0) is 49.1 Å². The van der Waals surface area contributed by atoms with E-state index in [9.17, 15) is 4.79 Å². The SMILES string of the molecule is Cc1noc(Cl)c1CCC(=O)N[C@@H](Cc1ccccc1)c1nc2ccccc2[nH]1. The van der Waals surface area contributed by atoms with Crippen LogP contribution < -0.4 is 5.32 Å². The molecule has 0 unspecified atom stereocenters. The Morgan fingerprint density at radius 2 is 1.93 bits per heavy atom. The number of hydrogen-bond acceptors (Lipinski definition) is 4. The number of para-hydroxylation sites is 2. The first-order valence-corrected chi connectivity index (χ1v) is 9.86. The number of nitrogens with zero attached hydrogens (tertiary/aromatic N) is 2. The Kier molecular flexibility index (Phi) is 5.62. The zero-order valence-electron chi connectivity index (χ0n) is 16.0. The first kappa shape index (κ1) is 19.2. The number of carbonyl (C=O) groups excluding carboxylic acids is 1. The van der Waals surface area contributed by atoms with Crippen molar-refractivity contribution in [1.29, 1.82) is 0 Å². The number of aryl methyl sites for hydroxylation is 1. The van der Waals surface area contributed by atoms with Gasteiger partial charge in [-0.25, -0.2) is 4.98 Å². The Morgan fingerprint density at radius 3 is 2.66 bits per heavy atom. The lowest BCUT2D eigenvalue weighted by Crippen LogP contribution is -2.31. The Bertz CT molecular complexity index is 1070. The molecular weight excluding hydrogens is 388 g/mol. The van der Waals surface area contributed by atoms with Gasteiger partial charge in [-0.3, -0.25) is 4.79 Å². The van der Waals surface area contributed by atoms with Crippen LogP contribution in [0.4, 0.5) is 0 Å². The second kappa shape index (κ2) is 8.49. The number of hydrogen-bond donors (Lipinski definition) is 2. The fourth-order valence-corrected chi connectivity index (χ4v) is 3.61. The molecule has 2 aromatic carbocycles. The molecule has 4 aromatic rings. The van der Waals surface area contributed by atoms with Crippen molar-refractivity contribution in [1.82, 2.24) is 20.4 Å². The normalized spacial score (nSPS) is 12.2. The summed E-state index contributed by atoms with van der Waals surface area (Å²) in [6.45, 7) is 1.81. The Hall–Kier alpha value is -3.12. The zero-order chi connectivity index (χ0) is 20.2. The molecule has 0 spiro atoms. The van der Waals surface area contributed by atoms with Crippen LogP contribution in [0.5, 0.6) is 0 Å². The summed E-state index contributed by atoms with van der Waals surface area (Å²) in [5.41, 5.74) is 4.42. The van der Waals surface area contributed by atoms with Gasteiger partial charge in [0.05, 0.1) is 22.8 Å². The minimum Gasteiger partial charge on any atom is -0.346 e. The summed E-state index contributed by atoms with van der Waals surface area (Å²) in [4.78, 5) is 20.7. The Labute approximate surface area is 173 Å². The second-order valence-electron chi connectivity index (χ2n) is 6.97. The van der Waals surface area contributed by atoms with Crippen molar-refractivity contribution in [2.24, 2.45) is 0 Å². The van der Waals surface area contributed by atoms with E-state index in [2.05, 4.69) is 20.4 Å². The lowest BCUT2D eigenvalue weighted by Gasteiger charge is -2.17. The van der Waals surface area contributed by atoms with Crippen molar-refractivity contribution < 1.29 is 9.32 Å². The number of amides is 1. The van der Waals surface area contributed by atoms with Crippen LogP contribution in [0.3, 0.4) is 0 Å². The fraction of sp³-hybridized carbons (Fsp3) is 0.227. The fourth-order valence-electron chi connectivity index (χ4n) is 3.35. The maximum Gasteiger partial charge on any atom is 0.229 e. The molecule has 0 saturated heterocycles. The number of aromatic nitrogens is 3. The number of rotatable bonds is 7. The molecule has 7 heteroatoms. The van der Waals surface area contributed by atoms with Gasteiger partial charge in [-0.2, -0.15) is 0 Å². The molecule has 1 atom stereocenters. The third-order valence-corrected chi connectivity index (χ3v) is 5.19. The van der Waals surface area contributed by atoms with Crippen LogP contribution in [0.15, 0.2) is 59.1 Å². The molecule has 0 fully saturated rings. The average molecular weight is 409 g/mol. The van der Waals surface area contributed by atoms with Crippen molar-refractivity contribution in [2.75, 3.05) is 0 Å². The van der Waals surface area contributed by atoms with E-state index in [0.29, 0.717) is 18.5 Å². The van der Waals surface area contributed by atoms with E-state index in [1.165, 1.54) is 0 Å². The van der Waals surface area contributed by atoms with Crippen LogP contribution in [-0.4, -0.2) is 21.0 Å². The molecule has 0 aliphatic heterocycles. The molecule has 0 bridgehead atoms. The highest BCUT2D eigenvalue weighted by molar-refractivity contribution is 6.29. The van der Waals surface area contributed by atoms with E-state index in [1.807, 2.05) is 61.5 Å².